The molecule has 0 radical (unpaired) electrons. The summed E-state index contributed by atoms with van der Waals surface area (Å²) >= 11 is 0. The predicted molar refractivity (Wildman–Crippen MR) is 58.0 cm³/mol. The van der Waals surface area contributed by atoms with Crippen LogP contribution in [-0.2, 0) is 15.1 Å². The van der Waals surface area contributed by atoms with Gasteiger partial charge < -0.3 is 15.2 Å². The smallest absolute Gasteiger partial charge is 0.432 e. The average molecular weight is 263 g/mol. The first kappa shape index (κ1) is 14.3. The highest BCUT2D eigenvalue weighted by atomic mass is 19.4. The van der Waals surface area contributed by atoms with Gasteiger partial charge in [0.1, 0.15) is 0 Å². The minimum atomic E-state index is -5.17. The van der Waals surface area contributed by atoms with Crippen LogP contribution in [0.25, 0.3) is 0 Å². The Kier molecular flexibility index (Phi) is 3.85. The highest BCUT2D eigenvalue weighted by Gasteiger charge is 2.61. The van der Waals surface area contributed by atoms with Crippen LogP contribution in [0.5, 0.6) is 0 Å². The van der Waals surface area contributed by atoms with Crippen LogP contribution in [0.15, 0.2) is 24.3 Å². The molecule has 1 rings (SSSR count). The lowest BCUT2D eigenvalue weighted by Crippen LogP contribution is -2.49. The van der Waals surface area contributed by atoms with Crippen LogP contribution in [0, 0.1) is 0 Å². The molecule has 1 unspecified atom stereocenters. The topological polar surface area (TPSA) is 58.6 Å². The van der Waals surface area contributed by atoms with Crippen molar-refractivity contribution in [3.63, 3.8) is 0 Å². The monoisotopic (exact) mass is 263 g/mol. The zero-order chi connectivity index (χ0) is 14.0. The Morgan fingerprint density at radius 2 is 1.78 bits per heavy atom. The molecule has 0 saturated carbocycles. The third kappa shape index (κ3) is 2.26. The Balaban J connectivity index is 3.30. The summed E-state index contributed by atoms with van der Waals surface area (Å²) in [7, 11) is 2.37. The van der Waals surface area contributed by atoms with E-state index < -0.39 is 23.3 Å². The molecule has 0 heterocycles. The van der Waals surface area contributed by atoms with Gasteiger partial charge in [-0.1, -0.05) is 12.1 Å². The summed E-state index contributed by atoms with van der Waals surface area (Å²) in [6, 6.07) is 4.65. The normalized spacial score (nSPS) is 14.8. The molecule has 2 N–H and O–H groups in total. The van der Waals surface area contributed by atoms with E-state index in [-0.39, 0.29) is 0 Å². The van der Waals surface area contributed by atoms with Crippen LogP contribution in [0.1, 0.15) is 5.56 Å². The molecule has 18 heavy (non-hydrogen) atoms. The molecule has 0 spiro atoms. The largest absolute Gasteiger partial charge is 0.466 e. The molecule has 4 nitrogen and oxygen atoms in total. The van der Waals surface area contributed by atoms with Gasteiger partial charge in [0.25, 0.3) is 5.60 Å². The Morgan fingerprint density at radius 3 is 2.11 bits per heavy atom. The first-order valence-electron chi connectivity index (χ1n) is 4.93. The number of carbonyl (C=O) groups is 1. The second-order valence-corrected chi connectivity index (χ2v) is 3.53. The van der Waals surface area contributed by atoms with E-state index in [1.54, 1.807) is 7.05 Å². The van der Waals surface area contributed by atoms with Crippen molar-refractivity contribution in [3.05, 3.63) is 29.8 Å². The van der Waals surface area contributed by atoms with Crippen molar-refractivity contribution < 1.29 is 27.8 Å². The average Bonchev–Trinajstić information content (AvgIpc) is 2.35. The molecule has 0 bridgehead atoms. The van der Waals surface area contributed by atoms with Crippen molar-refractivity contribution in [1.29, 1.82) is 0 Å². The van der Waals surface area contributed by atoms with Crippen LogP contribution < -0.4 is 5.32 Å². The number of halogens is 3. The summed E-state index contributed by atoms with van der Waals surface area (Å²) in [5.74, 6) is -1.77. The van der Waals surface area contributed by atoms with Gasteiger partial charge in [-0.25, -0.2) is 4.79 Å². The maximum absolute atomic E-state index is 12.8. The van der Waals surface area contributed by atoms with E-state index >= 15 is 0 Å². The van der Waals surface area contributed by atoms with Gasteiger partial charge in [0, 0.05) is 18.3 Å². The Hall–Kier alpha value is -1.76. The number of hydrogen-bond acceptors (Lipinski definition) is 4. The molecular formula is C11H12F3NO3. The molecule has 1 aromatic rings. The maximum atomic E-state index is 12.8. The fourth-order valence-corrected chi connectivity index (χ4v) is 1.42. The molecule has 0 aliphatic rings. The molecule has 0 aromatic heterocycles. The summed E-state index contributed by atoms with van der Waals surface area (Å²) < 4.78 is 42.6. The molecule has 1 aromatic carbocycles. The number of esters is 1. The van der Waals surface area contributed by atoms with Gasteiger partial charge in [-0.2, -0.15) is 13.2 Å². The van der Waals surface area contributed by atoms with Gasteiger partial charge in [-0.05, 0) is 12.1 Å². The fraction of sp³-hybridized carbons (Fsp3) is 0.364. The number of hydrogen-bond donors (Lipinski definition) is 2. The zero-order valence-corrected chi connectivity index (χ0v) is 9.71. The molecule has 0 amide bonds. The highest BCUT2D eigenvalue weighted by molar-refractivity contribution is 5.82. The van der Waals surface area contributed by atoms with Gasteiger partial charge in [0.05, 0.1) is 7.11 Å². The lowest BCUT2D eigenvalue weighted by molar-refractivity contribution is -0.266. The van der Waals surface area contributed by atoms with Gasteiger partial charge in [-0.3, -0.25) is 0 Å². The summed E-state index contributed by atoms with van der Waals surface area (Å²) in [6.07, 6.45) is -5.17. The molecule has 0 aliphatic carbocycles. The first-order valence-corrected chi connectivity index (χ1v) is 4.93. The van der Waals surface area contributed by atoms with E-state index in [1.165, 1.54) is 12.1 Å². The number of aliphatic hydroxyl groups is 1. The Labute approximate surface area is 101 Å². The van der Waals surface area contributed by atoms with Crippen molar-refractivity contribution >= 4 is 11.7 Å². The van der Waals surface area contributed by atoms with Crippen LogP contribution in [0.4, 0.5) is 18.9 Å². The van der Waals surface area contributed by atoms with Crippen molar-refractivity contribution in [2.75, 3.05) is 19.5 Å². The molecule has 1 atom stereocenters. The van der Waals surface area contributed by atoms with E-state index in [1.807, 2.05) is 0 Å². The molecule has 0 fully saturated rings. The lowest BCUT2D eigenvalue weighted by Gasteiger charge is -2.28. The highest BCUT2D eigenvalue weighted by Crippen LogP contribution is 2.40. The second-order valence-electron chi connectivity index (χ2n) is 3.53. The number of rotatable bonds is 3. The molecule has 0 aliphatic heterocycles. The molecule has 7 heteroatoms. The number of benzene rings is 1. The number of carbonyl (C=O) groups excluding carboxylic acids is 1. The van der Waals surface area contributed by atoms with Gasteiger partial charge >= 0.3 is 12.1 Å². The van der Waals surface area contributed by atoms with Gasteiger partial charge in [0.15, 0.2) is 0 Å². The first-order chi connectivity index (χ1) is 8.27. The Morgan fingerprint density at radius 1 is 1.28 bits per heavy atom. The summed E-state index contributed by atoms with van der Waals surface area (Å²) in [5.41, 5.74) is -3.71. The lowest BCUT2D eigenvalue weighted by atomic mass is 9.93. The third-order valence-corrected chi connectivity index (χ3v) is 2.48. The van der Waals surface area contributed by atoms with Crippen LogP contribution in [-0.4, -0.2) is 31.4 Å². The van der Waals surface area contributed by atoms with E-state index in [0.717, 1.165) is 19.2 Å². The minimum absolute atomic E-state index is 0.549. The van der Waals surface area contributed by atoms with E-state index in [9.17, 15) is 23.1 Å². The van der Waals surface area contributed by atoms with Crippen molar-refractivity contribution in [2.24, 2.45) is 0 Å². The van der Waals surface area contributed by atoms with Gasteiger partial charge in [0.2, 0.25) is 0 Å². The van der Waals surface area contributed by atoms with Crippen molar-refractivity contribution in [1.82, 2.24) is 0 Å². The summed E-state index contributed by atoms with van der Waals surface area (Å²) in [4.78, 5) is 11.2. The summed E-state index contributed by atoms with van der Waals surface area (Å²) in [6.45, 7) is 0. The Bertz CT molecular complexity index is 430. The number of anilines is 1. The number of alkyl halides is 3. The van der Waals surface area contributed by atoms with Crippen LogP contribution in [0.3, 0.4) is 0 Å². The zero-order valence-electron chi connectivity index (χ0n) is 9.71. The third-order valence-electron chi connectivity index (χ3n) is 2.48. The van der Waals surface area contributed by atoms with E-state index in [4.69, 9.17) is 0 Å². The van der Waals surface area contributed by atoms with E-state index in [2.05, 4.69) is 10.1 Å². The van der Waals surface area contributed by atoms with Crippen molar-refractivity contribution in [2.45, 2.75) is 11.8 Å². The van der Waals surface area contributed by atoms with Crippen LogP contribution in [0.2, 0.25) is 0 Å². The predicted octanol–water partition coefficient (Wildman–Crippen LogP) is 1.65. The maximum Gasteiger partial charge on any atom is 0.432 e. The standard InChI is InChI=1S/C11H12F3NO3/c1-15-8-5-3-7(4-6-8)10(17,9(16)18-2)11(12,13)14/h3-6,15,17H,1-2H3. The van der Waals surface area contributed by atoms with Crippen LogP contribution >= 0.6 is 0 Å². The molecule has 0 saturated heterocycles. The quantitative estimate of drug-likeness (QED) is 0.814. The fourth-order valence-electron chi connectivity index (χ4n) is 1.42. The minimum Gasteiger partial charge on any atom is -0.466 e. The summed E-state index contributed by atoms with van der Waals surface area (Å²) in [5, 5.41) is 12.3. The van der Waals surface area contributed by atoms with Gasteiger partial charge in [-0.15, -0.1) is 0 Å². The molecule has 100 valence electrons. The van der Waals surface area contributed by atoms with Crippen molar-refractivity contribution in [3.8, 4) is 0 Å². The number of ether oxygens (including phenoxy) is 1. The molecular weight excluding hydrogens is 251 g/mol. The SMILES string of the molecule is CNc1ccc(C(O)(C(=O)OC)C(F)(F)F)cc1. The van der Waals surface area contributed by atoms with E-state index in [0.29, 0.717) is 5.69 Å². The number of methoxy groups -OCH3 is 1. The second kappa shape index (κ2) is 4.85. The number of nitrogens with one attached hydrogen (secondary N) is 1.